The smallest absolute Gasteiger partial charge is 0.251 e. The third-order valence-electron chi connectivity index (χ3n) is 6.16. The summed E-state index contributed by atoms with van der Waals surface area (Å²) < 4.78 is 11.7. The quantitative estimate of drug-likeness (QED) is 0.643. The molecule has 0 bridgehead atoms. The number of carbonyl (C=O) groups excluding carboxylic acids is 1. The molecule has 3 aromatic rings. The summed E-state index contributed by atoms with van der Waals surface area (Å²) in [6.45, 7) is 3.42. The zero-order chi connectivity index (χ0) is 22.1. The van der Waals surface area contributed by atoms with Gasteiger partial charge in [-0.1, -0.05) is 12.1 Å². The van der Waals surface area contributed by atoms with E-state index in [4.69, 9.17) is 25.2 Å². The molecule has 1 amide bonds. The van der Waals surface area contributed by atoms with Crippen molar-refractivity contribution in [3.05, 3.63) is 42.0 Å². The molecule has 1 spiro atoms. The van der Waals surface area contributed by atoms with Gasteiger partial charge in [-0.05, 0) is 24.3 Å². The number of rotatable bonds is 3. The van der Waals surface area contributed by atoms with Gasteiger partial charge in [0.2, 0.25) is 5.95 Å². The highest BCUT2D eigenvalue weighted by molar-refractivity contribution is 5.95. The highest BCUT2D eigenvalue weighted by Gasteiger charge is 2.39. The van der Waals surface area contributed by atoms with Gasteiger partial charge in [0.15, 0.2) is 5.65 Å². The molecule has 4 heterocycles. The molecule has 0 atom stereocenters. The summed E-state index contributed by atoms with van der Waals surface area (Å²) in [5, 5.41) is 3.35. The average molecular weight is 435 g/mol. The fourth-order valence-corrected chi connectivity index (χ4v) is 4.35. The zero-order valence-electron chi connectivity index (χ0n) is 18.0. The molecule has 0 radical (unpaired) electrons. The van der Waals surface area contributed by atoms with Crippen LogP contribution in [-0.4, -0.2) is 66.4 Å². The minimum absolute atomic E-state index is 0.143. The largest absolute Gasteiger partial charge is 0.383 e. The second kappa shape index (κ2) is 8.33. The van der Waals surface area contributed by atoms with E-state index in [1.165, 1.54) is 0 Å². The fourth-order valence-electron chi connectivity index (χ4n) is 4.35. The summed E-state index contributed by atoms with van der Waals surface area (Å²) >= 11 is 0. The van der Waals surface area contributed by atoms with Crippen LogP contribution in [0.5, 0.6) is 0 Å². The second-order valence-electron chi connectivity index (χ2n) is 8.20. The molecule has 0 unspecified atom stereocenters. The lowest BCUT2D eigenvalue weighted by atomic mass is 9.92. The van der Waals surface area contributed by atoms with Crippen molar-refractivity contribution < 1.29 is 14.3 Å². The molecule has 2 fully saturated rings. The van der Waals surface area contributed by atoms with Gasteiger partial charge in [-0.25, -0.2) is 4.98 Å². The molecule has 0 saturated carbocycles. The van der Waals surface area contributed by atoms with Gasteiger partial charge in [0.25, 0.3) is 5.91 Å². The van der Waals surface area contributed by atoms with E-state index in [-0.39, 0.29) is 11.5 Å². The van der Waals surface area contributed by atoms with Crippen LogP contribution in [0.2, 0.25) is 0 Å². The van der Waals surface area contributed by atoms with Crippen molar-refractivity contribution in [2.75, 3.05) is 50.6 Å². The van der Waals surface area contributed by atoms with Crippen molar-refractivity contribution >= 4 is 28.7 Å². The first-order chi connectivity index (χ1) is 15.6. The van der Waals surface area contributed by atoms with E-state index in [0.29, 0.717) is 61.3 Å². The van der Waals surface area contributed by atoms with Crippen molar-refractivity contribution in [3.8, 4) is 11.3 Å². The second-order valence-corrected chi connectivity index (χ2v) is 8.20. The third kappa shape index (κ3) is 3.85. The van der Waals surface area contributed by atoms with Crippen molar-refractivity contribution in [1.29, 1.82) is 0 Å². The van der Waals surface area contributed by atoms with Crippen LogP contribution < -0.4 is 16.0 Å². The summed E-state index contributed by atoms with van der Waals surface area (Å²) in [7, 11) is 1.61. The van der Waals surface area contributed by atoms with E-state index in [0.717, 1.165) is 24.1 Å². The summed E-state index contributed by atoms with van der Waals surface area (Å²) in [5.74, 6) is 0.819. The Bertz CT molecular complexity index is 1160. The van der Waals surface area contributed by atoms with Crippen LogP contribution in [0.4, 0.5) is 11.8 Å². The van der Waals surface area contributed by atoms with Gasteiger partial charge in [0.1, 0.15) is 5.82 Å². The fraction of sp³-hybridized carbons (Fsp3) is 0.391. The van der Waals surface area contributed by atoms with E-state index < -0.39 is 0 Å². The Hall–Kier alpha value is -3.30. The lowest BCUT2D eigenvalue weighted by molar-refractivity contribution is -0.116. The normalized spacial score (nSPS) is 18.1. The number of anilines is 2. The molecule has 0 aliphatic carbocycles. The number of benzene rings is 1. The molecular formula is C23H26N6O3. The van der Waals surface area contributed by atoms with E-state index in [2.05, 4.69) is 15.2 Å². The molecule has 32 heavy (non-hydrogen) atoms. The Morgan fingerprint density at radius 3 is 2.78 bits per heavy atom. The molecule has 5 rings (SSSR count). The number of carbonyl (C=O) groups is 1. The number of morpholine rings is 1. The van der Waals surface area contributed by atoms with E-state index in [1.54, 1.807) is 13.1 Å². The van der Waals surface area contributed by atoms with Crippen LogP contribution in [-0.2, 0) is 9.47 Å². The summed E-state index contributed by atoms with van der Waals surface area (Å²) in [6.07, 6.45) is 1.72. The number of nitrogens with two attached hydrogens (primary N) is 1. The molecule has 9 heteroatoms. The van der Waals surface area contributed by atoms with Gasteiger partial charge < -0.3 is 25.4 Å². The predicted molar refractivity (Wildman–Crippen MR) is 122 cm³/mol. The molecule has 1 aromatic carbocycles. The van der Waals surface area contributed by atoms with Crippen LogP contribution in [0, 0.1) is 0 Å². The summed E-state index contributed by atoms with van der Waals surface area (Å²) in [5.41, 5.74) is 8.71. The number of aromatic nitrogens is 3. The molecule has 2 saturated heterocycles. The predicted octanol–water partition coefficient (Wildman–Crippen LogP) is 2.02. The highest BCUT2D eigenvalue weighted by Crippen LogP contribution is 2.32. The average Bonchev–Trinajstić information content (AvgIpc) is 2.83. The van der Waals surface area contributed by atoms with Gasteiger partial charge in [0.05, 0.1) is 29.8 Å². The number of hydrogen-bond donors (Lipinski definition) is 2. The number of fused-ring (bicyclic) bond motifs is 1. The minimum atomic E-state index is -0.223. The van der Waals surface area contributed by atoms with Crippen molar-refractivity contribution in [2.45, 2.75) is 18.4 Å². The topological polar surface area (TPSA) is 115 Å². The van der Waals surface area contributed by atoms with Crippen LogP contribution >= 0.6 is 0 Å². The Balaban J connectivity index is 1.49. The Kier molecular flexibility index (Phi) is 5.36. The van der Waals surface area contributed by atoms with Gasteiger partial charge >= 0.3 is 0 Å². The zero-order valence-corrected chi connectivity index (χ0v) is 18.0. The number of ether oxygens (including phenoxy) is 2. The van der Waals surface area contributed by atoms with E-state index >= 15 is 0 Å². The lowest BCUT2D eigenvalue weighted by Gasteiger charge is -2.44. The highest BCUT2D eigenvalue weighted by atomic mass is 16.5. The molecule has 2 aliphatic heterocycles. The molecular weight excluding hydrogens is 408 g/mol. The maximum absolute atomic E-state index is 12.0. The maximum Gasteiger partial charge on any atom is 0.251 e. The van der Waals surface area contributed by atoms with Crippen LogP contribution in [0.1, 0.15) is 23.2 Å². The van der Waals surface area contributed by atoms with Crippen molar-refractivity contribution in [2.24, 2.45) is 0 Å². The molecule has 166 valence electrons. The standard InChI is InChI=1S/C23H26N6O3/c1-25-21(30)16-4-2-3-15(13-16)18-6-5-17-19(24)27-22(28-20(17)26-18)29-9-12-32-23(14-29)7-10-31-11-8-23/h2-6,13H,7-12,14H2,1H3,(H,25,30)(H2,24,26,27,28). The first kappa shape index (κ1) is 20.6. The number of nitrogen functional groups attached to an aromatic ring is 1. The number of nitrogens with one attached hydrogen (secondary N) is 1. The van der Waals surface area contributed by atoms with Crippen molar-refractivity contribution in [1.82, 2.24) is 20.3 Å². The minimum Gasteiger partial charge on any atom is -0.383 e. The number of nitrogens with zero attached hydrogens (tertiary/aromatic N) is 4. The van der Waals surface area contributed by atoms with E-state index in [9.17, 15) is 4.79 Å². The Morgan fingerprint density at radius 1 is 1.12 bits per heavy atom. The number of amides is 1. The van der Waals surface area contributed by atoms with Gasteiger partial charge in [-0.15, -0.1) is 0 Å². The Labute approximate surface area is 186 Å². The summed E-state index contributed by atoms with van der Waals surface area (Å²) in [4.78, 5) is 28.2. The SMILES string of the molecule is CNC(=O)c1cccc(-c2ccc3c(N)nc(N4CCOC5(CCOCC5)C4)nc3n2)c1. The lowest BCUT2D eigenvalue weighted by Crippen LogP contribution is -2.55. The maximum atomic E-state index is 12.0. The molecule has 2 aliphatic rings. The van der Waals surface area contributed by atoms with Gasteiger partial charge in [-0.3, -0.25) is 4.79 Å². The van der Waals surface area contributed by atoms with Gasteiger partial charge in [0, 0.05) is 50.8 Å². The monoisotopic (exact) mass is 434 g/mol. The molecule has 3 N–H and O–H groups in total. The van der Waals surface area contributed by atoms with Crippen LogP contribution in [0.25, 0.3) is 22.3 Å². The van der Waals surface area contributed by atoms with Gasteiger partial charge in [-0.2, -0.15) is 9.97 Å². The first-order valence-corrected chi connectivity index (χ1v) is 10.8. The number of pyridine rings is 1. The van der Waals surface area contributed by atoms with Crippen LogP contribution in [0.3, 0.4) is 0 Å². The first-order valence-electron chi connectivity index (χ1n) is 10.8. The van der Waals surface area contributed by atoms with Crippen molar-refractivity contribution in [3.63, 3.8) is 0 Å². The van der Waals surface area contributed by atoms with Crippen LogP contribution in [0.15, 0.2) is 36.4 Å². The Morgan fingerprint density at radius 2 is 1.97 bits per heavy atom. The molecule has 2 aromatic heterocycles. The summed E-state index contributed by atoms with van der Waals surface area (Å²) in [6, 6.07) is 11.1. The molecule has 9 nitrogen and oxygen atoms in total. The third-order valence-corrected chi connectivity index (χ3v) is 6.16. The number of hydrogen-bond acceptors (Lipinski definition) is 8. The van der Waals surface area contributed by atoms with E-state index in [1.807, 2.05) is 30.3 Å².